The zero-order valence-corrected chi connectivity index (χ0v) is 12.5. The third kappa shape index (κ3) is 2.06. The van der Waals surface area contributed by atoms with E-state index in [0.29, 0.717) is 17.2 Å². The minimum absolute atomic E-state index is 0.00649. The summed E-state index contributed by atoms with van der Waals surface area (Å²) in [6.07, 6.45) is 2.90. The van der Waals surface area contributed by atoms with Crippen LogP contribution in [0, 0.1) is 6.92 Å². The van der Waals surface area contributed by atoms with Crippen LogP contribution in [0.3, 0.4) is 0 Å². The summed E-state index contributed by atoms with van der Waals surface area (Å²) in [4.78, 5) is 4.01. The fraction of sp³-hybridized carbons (Fsp3) is 0.308. The number of anilines is 1. The molecule has 2 heterocycles. The van der Waals surface area contributed by atoms with E-state index in [1.807, 2.05) is 6.07 Å². The van der Waals surface area contributed by atoms with Gasteiger partial charge in [0.25, 0.3) is 10.0 Å². The van der Waals surface area contributed by atoms with Crippen molar-refractivity contribution in [3.8, 4) is 5.75 Å². The van der Waals surface area contributed by atoms with Gasteiger partial charge >= 0.3 is 0 Å². The fourth-order valence-electron chi connectivity index (χ4n) is 2.40. The number of phenolic OH excluding ortho intramolecular Hbond substituents is 1. The molecule has 0 radical (unpaired) electrons. The average molecular weight is 310 g/mol. The smallest absolute Gasteiger partial charge is 0.275 e. The maximum atomic E-state index is 12.7. The van der Waals surface area contributed by atoms with Gasteiger partial charge in [-0.05, 0) is 31.4 Å². The largest absolute Gasteiger partial charge is 0.506 e. The summed E-state index contributed by atoms with van der Waals surface area (Å²) < 4.78 is 26.9. The first-order valence-corrected chi connectivity index (χ1v) is 8.52. The third-order valence-electron chi connectivity index (χ3n) is 3.30. The second-order valence-corrected chi connectivity index (χ2v) is 7.99. The first kappa shape index (κ1) is 13.4. The molecule has 7 heteroatoms. The molecule has 0 bridgehead atoms. The van der Waals surface area contributed by atoms with E-state index >= 15 is 0 Å². The Balaban J connectivity index is 2.13. The minimum atomic E-state index is -3.65. The molecule has 0 aliphatic carbocycles. The van der Waals surface area contributed by atoms with Crippen molar-refractivity contribution in [1.29, 1.82) is 0 Å². The zero-order chi connectivity index (χ0) is 14.3. The molecule has 0 amide bonds. The molecule has 1 aliphatic rings. The number of thiazole rings is 1. The van der Waals surface area contributed by atoms with Crippen molar-refractivity contribution in [2.24, 2.45) is 0 Å². The van der Waals surface area contributed by atoms with Crippen LogP contribution in [-0.2, 0) is 16.4 Å². The van der Waals surface area contributed by atoms with E-state index in [0.717, 1.165) is 29.7 Å². The van der Waals surface area contributed by atoms with E-state index in [1.54, 1.807) is 13.0 Å². The molecular weight excluding hydrogens is 296 g/mol. The lowest BCUT2D eigenvalue weighted by atomic mass is 10.0. The van der Waals surface area contributed by atoms with Gasteiger partial charge in [-0.25, -0.2) is 13.4 Å². The fourth-order valence-corrected chi connectivity index (χ4v) is 5.18. The predicted molar refractivity (Wildman–Crippen MR) is 77.8 cm³/mol. The molecule has 20 heavy (non-hydrogen) atoms. The van der Waals surface area contributed by atoms with Gasteiger partial charge in [0, 0.05) is 6.54 Å². The summed E-state index contributed by atoms with van der Waals surface area (Å²) in [6.45, 7) is 2.15. The van der Waals surface area contributed by atoms with Gasteiger partial charge < -0.3 is 5.11 Å². The molecular formula is C13H14N2O3S2. The van der Waals surface area contributed by atoms with Gasteiger partial charge in [-0.1, -0.05) is 12.1 Å². The number of hydrogen-bond donors (Lipinski definition) is 1. The van der Waals surface area contributed by atoms with E-state index in [-0.39, 0.29) is 9.96 Å². The second-order valence-electron chi connectivity index (χ2n) is 4.66. The monoisotopic (exact) mass is 310 g/mol. The maximum Gasteiger partial charge on any atom is 0.275 e. The van der Waals surface area contributed by atoms with Gasteiger partial charge in [0.05, 0.1) is 16.9 Å². The van der Waals surface area contributed by atoms with Crippen LogP contribution >= 0.6 is 11.3 Å². The van der Waals surface area contributed by atoms with Gasteiger partial charge in [0.15, 0.2) is 4.21 Å². The Bertz CT molecular complexity index is 753. The summed E-state index contributed by atoms with van der Waals surface area (Å²) in [5.41, 5.74) is 1.27. The van der Waals surface area contributed by atoms with E-state index in [4.69, 9.17) is 0 Å². The van der Waals surface area contributed by atoms with Crippen LogP contribution in [0.1, 0.15) is 17.0 Å². The average Bonchev–Trinajstić information content (AvgIpc) is 2.86. The number of benzene rings is 1. The molecule has 2 aromatic rings. The summed E-state index contributed by atoms with van der Waals surface area (Å²) in [5, 5.41) is 10.7. The second kappa shape index (κ2) is 4.75. The molecule has 0 fully saturated rings. The van der Waals surface area contributed by atoms with Crippen LogP contribution in [0.4, 0.5) is 5.69 Å². The van der Waals surface area contributed by atoms with Crippen molar-refractivity contribution in [1.82, 2.24) is 4.98 Å². The van der Waals surface area contributed by atoms with E-state index in [9.17, 15) is 13.5 Å². The molecule has 106 valence electrons. The Morgan fingerprint density at radius 2 is 2.20 bits per heavy atom. The summed E-state index contributed by atoms with van der Waals surface area (Å²) in [7, 11) is -3.65. The summed E-state index contributed by atoms with van der Waals surface area (Å²) >= 11 is 1.15. The van der Waals surface area contributed by atoms with Crippen LogP contribution in [0.5, 0.6) is 5.75 Å². The Labute approximate surface area is 121 Å². The molecule has 0 saturated heterocycles. The molecule has 0 spiro atoms. The molecule has 0 unspecified atom stereocenters. The maximum absolute atomic E-state index is 12.7. The van der Waals surface area contributed by atoms with Crippen molar-refractivity contribution in [2.75, 3.05) is 10.8 Å². The Morgan fingerprint density at radius 3 is 2.90 bits per heavy atom. The first-order chi connectivity index (χ1) is 9.50. The van der Waals surface area contributed by atoms with Gasteiger partial charge in [0.2, 0.25) is 0 Å². The van der Waals surface area contributed by atoms with E-state index in [1.165, 1.54) is 16.6 Å². The lowest BCUT2D eigenvalue weighted by molar-refractivity contribution is 0.473. The van der Waals surface area contributed by atoms with Gasteiger partial charge in [-0.15, -0.1) is 11.3 Å². The van der Waals surface area contributed by atoms with Crippen molar-refractivity contribution in [2.45, 2.75) is 24.0 Å². The molecule has 5 nitrogen and oxygen atoms in total. The number of aromatic nitrogens is 1. The highest BCUT2D eigenvalue weighted by Crippen LogP contribution is 2.39. The SMILES string of the molecule is Cc1ncc(S(=O)(=O)N2CCCc3cccc(O)c32)s1. The van der Waals surface area contributed by atoms with Crippen LogP contribution in [0.15, 0.2) is 28.6 Å². The quantitative estimate of drug-likeness (QED) is 0.924. The Hall–Kier alpha value is -1.60. The highest BCUT2D eigenvalue weighted by atomic mass is 32.2. The minimum Gasteiger partial charge on any atom is -0.506 e. The molecule has 0 atom stereocenters. The number of para-hydroxylation sites is 1. The zero-order valence-electron chi connectivity index (χ0n) is 10.9. The molecule has 3 rings (SSSR count). The number of phenols is 1. The van der Waals surface area contributed by atoms with Crippen molar-refractivity contribution >= 4 is 27.0 Å². The van der Waals surface area contributed by atoms with Crippen molar-refractivity contribution in [3.05, 3.63) is 35.0 Å². The highest BCUT2D eigenvalue weighted by molar-refractivity contribution is 7.94. The third-order valence-corrected chi connectivity index (χ3v) is 6.45. The van der Waals surface area contributed by atoms with Crippen molar-refractivity contribution in [3.63, 3.8) is 0 Å². The van der Waals surface area contributed by atoms with Gasteiger partial charge in [-0.2, -0.15) is 0 Å². The Kier molecular flexibility index (Phi) is 3.18. The van der Waals surface area contributed by atoms with E-state index < -0.39 is 10.0 Å². The normalized spacial score (nSPS) is 15.2. The number of rotatable bonds is 2. The molecule has 0 saturated carbocycles. The molecule has 1 N–H and O–H groups in total. The topological polar surface area (TPSA) is 70.5 Å². The number of hydrogen-bond acceptors (Lipinski definition) is 5. The highest BCUT2D eigenvalue weighted by Gasteiger charge is 2.32. The van der Waals surface area contributed by atoms with Gasteiger partial charge in [-0.3, -0.25) is 4.31 Å². The van der Waals surface area contributed by atoms with Crippen LogP contribution in [0.2, 0.25) is 0 Å². The predicted octanol–water partition coefficient (Wildman–Crippen LogP) is 2.30. The lowest BCUT2D eigenvalue weighted by Gasteiger charge is -2.30. The molecule has 1 aromatic heterocycles. The number of fused-ring (bicyclic) bond motifs is 1. The number of aryl methyl sites for hydroxylation is 2. The standard InChI is InChI=1S/C13H14N2O3S2/c1-9-14-8-12(19-9)20(17,18)15-7-3-5-10-4-2-6-11(16)13(10)15/h2,4,6,8,16H,3,5,7H2,1H3. The number of nitrogens with zero attached hydrogens (tertiary/aromatic N) is 2. The Morgan fingerprint density at radius 1 is 1.40 bits per heavy atom. The summed E-state index contributed by atoms with van der Waals surface area (Å²) in [5.74, 6) is 0.00649. The molecule has 1 aliphatic heterocycles. The van der Waals surface area contributed by atoms with Gasteiger partial charge in [0.1, 0.15) is 5.75 Å². The van der Waals surface area contributed by atoms with Crippen LogP contribution < -0.4 is 4.31 Å². The lowest BCUT2D eigenvalue weighted by Crippen LogP contribution is -2.35. The molecule has 1 aromatic carbocycles. The number of sulfonamides is 1. The number of aromatic hydroxyl groups is 1. The van der Waals surface area contributed by atoms with Crippen LogP contribution in [0.25, 0.3) is 0 Å². The van der Waals surface area contributed by atoms with Crippen LogP contribution in [-0.4, -0.2) is 25.1 Å². The van der Waals surface area contributed by atoms with Crippen molar-refractivity contribution < 1.29 is 13.5 Å². The first-order valence-electron chi connectivity index (χ1n) is 6.26. The summed E-state index contributed by atoms with van der Waals surface area (Å²) in [6, 6.07) is 5.11. The van der Waals surface area contributed by atoms with E-state index in [2.05, 4.69) is 4.98 Å².